The standard InChI is InChI=1S/C9H11N2S/c1-11(2)9(12)10-8-6-4-3-5-7-8/h3-4,6-7H,1-2H3,(H,10,12). The summed E-state index contributed by atoms with van der Waals surface area (Å²) in [6, 6.07) is 10.4. The first-order chi connectivity index (χ1) is 5.70. The van der Waals surface area contributed by atoms with Crippen LogP contribution in [0.15, 0.2) is 29.3 Å². The highest BCUT2D eigenvalue weighted by Crippen LogP contribution is 2.10. The third kappa shape index (κ3) is 2.58. The van der Waals surface area contributed by atoms with E-state index in [-0.39, 0.29) is 0 Å². The van der Waals surface area contributed by atoms with Gasteiger partial charge in [0.25, 0.3) is 0 Å². The lowest BCUT2D eigenvalue weighted by Gasteiger charge is -2.09. The molecule has 1 radical (unpaired) electrons. The Bertz CT molecular complexity index is 267. The molecule has 0 atom stereocenters. The zero-order valence-corrected chi connectivity index (χ0v) is 8.05. The van der Waals surface area contributed by atoms with Crippen molar-refractivity contribution >= 4 is 23.5 Å². The van der Waals surface area contributed by atoms with Crippen molar-refractivity contribution in [1.82, 2.24) is 4.90 Å². The molecule has 0 spiro atoms. The molecule has 0 aliphatic heterocycles. The lowest BCUT2D eigenvalue weighted by atomic mass is 10.3. The molecule has 0 aliphatic rings. The Morgan fingerprint density at radius 3 is 2.83 bits per heavy atom. The highest BCUT2D eigenvalue weighted by atomic mass is 32.1. The van der Waals surface area contributed by atoms with Gasteiger partial charge < -0.3 is 4.90 Å². The van der Waals surface area contributed by atoms with Crippen molar-refractivity contribution in [3.05, 3.63) is 30.3 Å². The van der Waals surface area contributed by atoms with E-state index in [1.165, 1.54) is 0 Å². The van der Waals surface area contributed by atoms with E-state index in [2.05, 4.69) is 23.7 Å². The molecule has 0 saturated carbocycles. The van der Waals surface area contributed by atoms with Crippen LogP contribution < -0.4 is 0 Å². The highest BCUT2D eigenvalue weighted by molar-refractivity contribution is 7.96. The minimum absolute atomic E-state index is 0.689. The molecule has 0 fully saturated rings. The predicted octanol–water partition coefficient (Wildman–Crippen LogP) is 1.97. The van der Waals surface area contributed by atoms with E-state index in [0.717, 1.165) is 5.69 Å². The molecular weight excluding hydrogens is 168 g/mol. The lowest BCUT2D eigenvalue weighted by Crippen LogP contribution is -2.15. The molecule has 2 nitrogen and oxygen atoms in total. The van der Waals surface area contributed by atoms with Crippen LogP contribution in [0.3, 0.4) is 0 Å². The van der Waals surface area contributed by atoms with Crippen LogP contribution in [-0.2, 0) is 0 Å². The number of rotatable bonds is 1. The molecule has 3 heteroatoms. The van der Waals surface area contributed by atoms with Gasteiger partial charge in [-0.2, -0.15) is 0 Å². The van der Waals surface area contributed by atoms with Crippen LogP contribution in [0.2, 0.25) is 0 Å². The smallest absolute Gasteiger partial charge is 0.160 e. The summed E-state index contributed by atoms with van der Waals surface area (Å²) in [6.45, 7) is 0. The zero-order chi connectivity index (χ0) is 8.97. The van der Waals surface area contributed by atoms with Gasteiger partial charge in [0.05, 0.1) is 5.69 Å². The summed E-state index contributed by atoms with van der Waals surface area (Å²) in [5.74, 6) is 0. The van der Waals surface area contributed by atoms with Crippen LogP contribution >= 0.6 is 12.6 Å². The van der Waals surface area contributed by atoms with Gasteiger partial charge in [0.2, 0.25) is 0 Å². The van der Waals surface area contributed by atoms with Gasteiger partial charge in [0, 0.05) is 14.1 Å². The first-order valence-corrected chi connectivity index (χ1v) is 4.06. The molecule has 0 amide bonds. The molecule has 12 heavy (non-hydrogen) atoms. The van der Waals surface area contributed by atoms with Crippen LogP contribution in [0, 0.1) is 6.07 Å². The molecule has 0 aromatic heterocycles. The third-order valence-electron chi connectivity index (χ3n) is 1.32. The molecular formula is C9H11N2S. The van der Waals surface area contributed by atoms with Crippen LogP contribution in [0.25, 0.3) is 0 Å². The van der Waals surface area contributed by atoms with Gasteiger partial charge in [0.1, 0.15) is 0 Å². The molecule has 0 saturated heterocycles. The molecule has 1 rings (SSSR count). The first-order valence-electron chi connectivity index (χ1n) is 3.61. The first kappa shape index (κ1) is 9.13. The van der Waals surface area contributed by atoms with Crippen molar-refractivity contribution < 1.29 is 0 Å². The Balaban J connectivity index is 2.81. The van der Waals surface area contributed by atoms with Gasteiger partial charge in [-0.1, -0.05) is 12.1 Å². The highest BCUT2D eigenvalue weighted by Gasteiger charge is 1.93. The Morgan fingerprint density at radius 2 is 2.33 bits per heavy atom. The second-order valence-corrected chi connectivity index (χ2v) is 2.97. The number of aliphatic imine (C=N–C) groups is 1. The normalized spacial score (nSPS) is 11.4. The number of nitrogens with zero attached hydrogens (tertiary/aromatic N) is 2. The van der Waals surface area contributed by atoms with Gasteiger partial charge in [-0.15, -0.1) is 12.6 Å². The van der Waals surface area contributed by atoms with E-state index in [1.54, 1.807) is 0 Å². The average Bonchev–Trinajstić information content (AvgIpc) is 2.06. The minimum atomic E-state index is 0.689. The molecule has 0 heterocycles. The quantitative estimate of drug-likeness (QED) is 0.396. The predicted molar refractivity (Wildman–Crippen MR) is 55.0 cm³/mol. The number of hydrogen-bond acceptors (Lipinski definition) is 1. The fraction of sp³-hybridized carbons (Fsp3) is 0.222. The second-order valence-electron chi connectivity index (χ2n) is 2.57. The van der Waals surface area contributed by atoms with E-state index < -0.39 is 0 Å². The van der Waals surface area contributed by atoms with Crippen LogP contribution in [0.4, 0.5) is 5.69 Å². The maximum atomic E-state index is 4.23. The van der Waals surface area contributed by atoms with E-state index in [4.69, 9.17) is 0 Å². The molecule has 0 unspecified atom stereocenters. The largest absolute Gasteiger partial charge is 0.358 e. The molecule has 1 aromatic rings. The van der Waals surface area contributed by atoms with Crippen molar-refractivity contribution in [2.75, 3.05) is 14.1 Å². The van der Waals surface area contributed by atoms with Crippen molar-refractivity contribution in [3.63, 3.8) is 0 Å². The van der Waals surface area contributed by atoms with E-state index in [1.807, 2.05) is 43.3 Å². The maximum absolute atomic E-state index is 4.23. The van der Waals surface area contributed by atoms with Crippen molar-refractivity contribution in [3.8, 4) is 0 Å². The molecule has 0 N–H and O–H groups in total. The minimum Gasteiger partial charge on any atom is -0.358 e. The van der Waals surface area contributed by atoms with Gasteiger partial charge in [-0.05, 0) is 18.2 Å². The van der Waals surface area contributed by atoms with Crippen LogP contribution in [-0.4, -0.2) is 24.2 Å². The summed E-state index contributed by atoms with van der Waals surface area (Å²) in [5.41, 5.74) is 0.871. The van der Waals surface area contributed by atoms with Gasteiger partial charge in [0.15, 0.2) is 5.17 Å². The summed E-state index contributed by atoms with van der Waals surface area (Å²) in [4.78, 5) is 6.08. The summed E-state index contributed by atoms with van der Waals surface area (Å²) < 4.78 is 0. The number of hydrogen-bond donors (Lipinski definition) is 1. The molecule has 63 valence electrons. The van der Waals surface area contributed by atoms with E-state index >= 15 is 0 Å². The summed E-state index contributed by atoms with van der Waals surface area (Å²) in [6.07, 6.45) is 0. The number of benzene rings is 1. The van der Waals surface area contributed by atoms with Gasteiger partial charge >= 0.3 is 0 Å². The molecule has 0 aliphatic carbocycles. The lowest BCUT2D eigenvalue weighted by molar-refractivity contribution is 0.637. The third-order valence-corrected chi connectivity index (χ3v) is 1.82. The summed E-state index contributed by atoms with van der Waals surface area (Å²) in [5, 5.41) is 0.689. The van der Waals surface area contributed by atoms with E-state index in [9.17, 15) is 0 Å². The summed E-state index contributed by atoms with van der Waals surface area (Å²) in [7, 11) is 3.80. The SMILES string of the molecule is CN(C)/C(S)=N/c1c[c]ccc1. The van der Waals surface area contributed by atoms with Crippen molar-refractivity contribution in [1.29, 1.82) is 0 Å². The Hall–Kier alpha value is -0.960. The second kappa shape index (κ2) is 4.16. The van der Waals surface area contributed by atoms with Crippen molar-refractivity contribution in [2.45, 2.75) is 0 Å². The maximum Gasteiger partial charge on any atom is 0.160 e. The molecule has 0 bridgehead atoms. The fourth-order valence-electron chi connectivity index (χ4n) is 0.669. The monoisotopic (exact) mass is 179 g/mol. The average molecular weight is 179 g/mol. The summed E-state index contributed by atoms with van der Waals surface area (Å²) >= 11 is 4.20. The Labute approximate surface area is 78.3 Å². The van der Waals surface area contributed by atoms with Gasteiger partial charge in [-0.3, -0.25) is 0 Å². The van der Waals surface area contributed by atoms with Crippen LogP contribution in [0.5, 0.6) is 0 Å². The Kier molecular flexibility index (Phi) is 3.17. The molecule has 1 aromatic carbocycles. The van der Waals surface area contributed by atoms with Gasteiger partial charge in [-0.25, -0.2) is 4.99 Å². The number of thiol groups is 1. The zero-order valence-electron chi connectivity index (χ0n) is 7.15. The van der Waals surface area contributed by atoms with E-state index in [0.29, 0.717) is 5.17 Å². The van der Waals surface area contributed by atoms with Crippen molar-refractivity contribution in [2.24, 2.45) is 4.99 Å². The van der Waals surface area contributed by atoms with Crippen LogP contribution in [0.1, 0.15) is 0 Å². The Morgan fingerprint density at radius 1 is 1.58 bits per heavy atom. The number of amidine groups is 1. The topological polar surface area (TPSA) is 15.6 Å². The fourth-order valence-corrected chi connectivity index (χ4v) is 0.784.